The van der Waals surface area contributed by atoms with E-state index >= 15 is 0 Å². The van der Waals surface area contributed by atoms with E-state index in [4.69, 9.17) is 5.73 Å². The summed E-state index contributed by atoms with van der Waals surface area (Å²) in [5, 5.41) is 4.29. The van der Waals surface area contributed by atoms with Crippen molar-refractivity contribution in [3.63, 3.8) is 0 Å². The molecule has 0 aliphatic heterocycles. The van der Waals surface area contributed by atoms with Gasteiger partial charge in [-0.3, -0.25) is 9.48 Å². The normalized spacial score (nSPS) is 12.5. The molecule has 0 aromatic carbocycles. The maximum absolute atomic E-state index is 12.5. The lowest BCUT2D eigenvalue weighted by Crippen LogP contribution is -2.37. The molecule has 1 atom stereocenters. The predicted molar refractivity (Wildman–Crippen MR) is 81.6 cm³/mol. The highest BCUT2D eigenvalue weighted by Gasteiger charge is 2.24. The molecular formula is C13H24N4OS. The molecule has 1 aromatic heterocycles. The van der Waals surface area contributed by atoms with Crippen LogP contribution in [-0.2, 0) is 6.54 Å². The molecule has 0 aliphatic rings. The number of amides is 1. The number of thioether (sulfide) groups is 1. The molecule has 5 nitrogen and oxygen atoms in total. The van der Waals surface area contributed by atoms with Gasteiger partial charge in [-0.1, -0.05) is 0 Å². The first kappa shape index (κ1) is 15.9. The van der Waals surface area contributed by atoms with Crippen LogP contribution in [0.4, 0.5) is 5.69 Å². The van der Waals surface area contributed by atoms with Crippen LogP contribution in [0.5, 0.6) is 0 Å². The van der Waals surface area contributed by atoms with Crippen LogP contribution in [0.2, 0.25) is 0 Å². The second-order valence-electron chi connectivity index (χ2n) is 4.71. The Bertz CT molecular complexity index is 444. The van der Waals surface area contributed by atoms with Crippen molar-refractivity contribution in [1.82, 2.24) is 14.7 Å². The maximum atomic E-state index is 12.5. The number of aromatic nitrogens is 2. The second kappa shape index (κ2) is 6.84. The fourth-order valence-electron chi connectivity index (χ4n) is 1.90. The Labute approximate surface area is 119 Å². The molecule has 2 N–H and O–H groups in total. The number of carbonyl (C=O) groups is 1. The first-order chi connectivity index (χ1) is 8.93. The Morgan fingerprint density at radius 3 is 2.74 bits per heavy atom. The molecule has 0 bridgehead atoms. The number of nitrogens with zero attached hydrogens (tertiary/aromatic N) is 3. The summed E-state index contributed by atoms with van der Waals surface area (Å²) in [6.45, 7) is 6.49. The van der Waals surface area contributed by atoms with E-state index in [1.165, 1.54) is 0 Å². The van der Waals surface area contributed by atoms with E-state index in [9.17, 15) is 4.79 Å². The molecule has 1 heterocycles. The highest BCUT2D eigenvalue weighted by Crippen LogP contribution is 2.19. The van der Waals surface area contributed by atoms with Crippen molar-refractivity contribution >= 4 is 23.4 Å². The van der Waals surface area contributed by atoms with Gasteiger partial charge in [-0.2, -0.15) is 16.9 Å². The fraction of sp³-hybridized carbons (Fsp3) is 0.692. The predicted octanol–water partition coefficient (Wildman–Crippen LogP) is 2.01. The molecule has 19 heavy (non-hydrogen) atoms. The summed E-state index contributed by atoms with van der Waals surface area (Å²) in [5.74, 6) is 0.994. The number of hydrogen-bond acceptors (Lipinski definition) is 4. The smallest absolute Gasteiger partial charge is 0.274 e. The zero-order chi connectivity index (χ0) is 14.6. The van der Waals surface area contributed by atoms with E-state index < -0.39 is 0 Å². The van der Waals surface area contributed by atoms with Crippen molar-refractivity contribution in [3.05, 3.63) is 11.4 Å². The molecule has 0 saturated heterocycles. The van der Waals surface area contributed by atoms with Gasteiger partial charge in [0.05, 0.1) is 11.4 Å². The van der Waals surface area contributed by atoms with Crippen molar-refractivity contribution in [2.75, 3.05) is 24.8 Å². The largest absolute Gasteiger partial charge is 0.395 e. The molecule has 1 aromatic rings. The first-order valence-electron chi connectivity index (χ1n) is 6.52. The van der Waals surface area contributed by atoms with E-state index in [0.29, 0.717) is 17.9 Å². The number of hydrogen-bond donors (Lipinski definition) is 1. The van der Waals surface area contributed by atoms with Gasteiger partial charge < -0.3 is 10.6 Å². The van der Waals surface area contributed by atoms with Gasteiger partial charge in [0, 0.05) is 19.6 Å². The van der Waals surface area contributed by atoms with Gasteiger partial charge >= 0.3 is 0 Å². The average molecular weight is 284 g/mol. The van der Waals surface area contributed by atoms with E-state index in [-0.39, 0.29) is 11.9 Å². The Morgan fingerprint density at radius 2 is 2.21 bits per heavy atom. The Balaban J connectivity index is 2.93. The van der Waals surface area contributed by atoms with Crippen LogP contribution in [-0.4, -0.2) is 45.7 Å². The first-order valence-corrected chi connectivity index (χ1v) is 7.92. The molecule has 0 aliphatic carbocycles. The fourth-order valence-corrected chi connectivity index (χ4v) is 2.48. The van der Waals surface area contributed by atoms with Gasteiger partial charge in [-0.15, -0.1) is 0 Å². The van der Waals surface area contributed by atoms with Crippen molar-refractivity contribution in [1.29, 1.82) is 0 Å². The number of nitrogen functional groups attached to an aromatic ring is 1. The van der Waals surface area contributed by atoms with Crippen LogP contribution in [0, 0.1) is 6.92 Å². The van der Waals surface area contributed by atoms with E-state index in [1.54, 1.807) is 21.3 Å². The van der Waals surface area contributed by atoms with Gasteiger partial charge in [0.1, 0.15) is 5.69 Å². The summed E-state index contributed by atoms with van der Waals surface area (Å²) >= 11 is 1.79. The Morgan fingerprint density at radius 1 is 1.58 bits per heavy atom. The summed E-state index contributed by atoms with van der Waals surface area (Å²) in [5.41, 5.74) is 7.71. The summed E-state index contributed by atoms with van der Waals surface area (Å²) < 4.78 is 1.69. The minimum atomic E-state index is -0.0476. The molecule has 0 radical (unpaired) electrons. The number of carbonyl (C=O) groups excluding carboxylic acids is 1. The third kappa shape index (κ3) is 3.43. The van der Waals surface area contributed by atoms with Gasteiger partial charge in [-0.05, 0) is 39.2 Å². The third-order valence-corrected chi connectivity index (χ3v) is 4.04. The molecule has 0 fully saturated rings. The van der Waals surface area contributed by atoms with Crippen LogP contribution >= 0.6 is 11.8 Å². The van der Waals surface area contributed by atoms with Crippen LogP contribution in [0.1, 0.15) is 36.5 Å². The van der Waals surface area contributed by atoms with E-state index in [1.807, 2.05) is 20.9 Å². The third-order valence-electron chi connectivity index (χ3n) is 3.40. The van der Waals surface area contributed by atoms with Crippen LogP contribution in [0.3, 0.4) is 0 Å². The van der Waals surface area contributed by atoms with Crippen LogP contribution < -0.4 is 5.73 Å². The minimum Gasteiger partial charge on any atom is -0.395 e. The number of nitrogens with two attached hydrogens (primary N) is 1. The second-order valence-corrected chi connectivity index (χ2v) is 5.70. The van der Waals surface area contributed by atoms with Crippen molar-refractivity contribution in [2.24, 2.45) is 0 Å². The molecular weight excluding hydrogens is 260 g/mol. The van der Waals surface area contributed by atoms with Gasteiger partial charge in [0.2, 0.25) is 0 Å². The van der Waals surface area contributed by atoms with Crippen molar-refractivity contribution in [3.8, 4) is 0 Å². The highest BCUT2D eigenvalue weighted by molar-refractivity contribution is 7.98. The lowest BCUT2D eigenvalue weighted by Gasteiger charge is -2.25. The lowest BCUT2D eigenvalue weighted by atomic mass is 10.2. The topological polar surface area (TPSA) is 64.2 Å². The van der Waals surface area contributed by atoms with Crippen molar-refractivity contribution in [2.45, 2.75) is 39.8 Å². The molecule has 1 rings (SSSR count). The van der Waals surface area contributed by atoms with Gasteiger partial charge in [0.15, 0.2) is 0 Å². The van der Waals surface area contributed by atoms with Crippen LogP contribution in [0.25, 0.3) is 0 Å². The SMILES string of the molecule is CCn1nc(C)c(N)c1C(=O)N(C)C(C)CCSC. The molecule has 1 unspecified atom stereocenters. The molecule has 1 amide bonds. The average Bonchev–Trinajstić information content (AvgIpc) is 2.69. The van der Waals surface area contributed by atoms with Crippen LogP contribution in [0.15, 0.2) is 0 Å². The van der Waals surface area contributed by atoms with E-state index in [0.717, 1.165) is 17.9 Å². The molecule has 6 heteroatoms. The monoisotopic (exact) mass is 284 g/mol. The molecule has 0 saturated carbocycles. The summed E-state index contributed by atoms with van der Waals surface area (Å²) in [7, 11) is 1.83. The summed E-state index contributed by atoms with van der Waals surface area (Å²) in [4.78, 5) is 14.3. The van der Waals surface area contributed by atoms with Gasteiger partial charge in [-0.25, -0.2) is 0 Å². The van der Waals surface area contributed by atoms with Crippen molar-refractivity contribution < 1.29 is 4.79 Å². The van der Waals surface area contributed by atoms with Gasteiger partial charge in [0.25, 0.3) is 5.91 Å². The zero-order valence-corrected chi connectivity index (χ0v) is 13.3. The summed E-state index contributed by atoms with van der Waals surface area (Å²) in [6.07, 6.45) is 3.05. The highest BCUT2D eigenvalue weighted by atomic mass is 32.2. The quantitative estimate of drug-likeness (QED) is 0.868. The minimum absolute atomic E-state index is 0.0476. The summed E-state index contributed by atoms with van der Waals surface area (Å²) in [6, 6.07) is 0.194. The molecule has 108 valence electrons. The van der Waals surface area contributed by atoms with E-state index in [2.05, 4.69) is 18.3 Å². The Hall–Kier alpha value is -1.17. The molecule has 0 spiro atoms. The Kier molecular flexibility index (Phi) is 5.72. The number of anilines is 1. The zero-order valence-electron chi connectivity index (χ0n) is 12.4. The number of rotatable bonds is 6. The standard InChI is InChI=1S/C13H24N4OS/c1-6-17-12(11(14)10(3)15-17)13(18)16(4)9(2)7-8-19-5/h9H,6-8,14H2,1-5H3. The maximum Gasteiger partial charge on any atom is 0.274 e. The number of aryl methyl sites for hydroxylation is 2. The lowest BCUT2D eigenvalue weighted by molar-refractivity contribution is 0.0730.